The lowest BCUT2D eigenvalue weighted by Gasteiger charge is -2.20. The summed E-state index contributed by atoms with van der Waals surface area (Å²) in [6.07, 6.45) is 2.46. The van der Waals surface area contributed by atoms with Gasteiger partial charge in [0.2, 0.25) is 10.0 Å². The van der Waals surface area contributed by atoms with Crippen LogP contribution in [0.2, 0.25) is 0 Å². The number of carboxylic acids is 1. The fourth-order valence-corrected chi connectivity index (χ4v) is 4.52. The average Bonchev–Trinajstić information content (AvgIpc) is 3.01. The van der Waals surface area contributed by atoms with Crippen molar-refractivity contribution < 1.29 is 23.1 Å². The highest BCUT2D eigenvalue weighted by Gasteiger charge is 2.50. The van der Waals surface area contributed by atoms with Crippen molar-refractivity contribution in [1.29, 1.82) is 0 Å². The molecule has 0 aromatic carbocycles. The predicted octanol–water partition coefficient (Wildman–Crippen LogP) is -0.375. The summed E-state index contributed by atoms with van der Waals surface area (Å²) in [7, 11) is -3.63. The first-order valence-corrected chi connectivity index (χ1v) is 8.07. The van der Waals surface area contributed by atoms with Crippen LogP contribution in [0.4, 0.5) is 0 Å². The zero-order chi connectivity index (χ0) is 15.3. The summed E-state index contributed by atoms with van der Waals surface area (Å²) in [5, 5.41) is 12.5. The normalized spacial score (nSPS) is 29.7. The molecule has 2 unspecified atom stereocenters. The van der Waals surface area contributed by atoms with E-state index in [0.29, 0.717) is 26.3 Å². The molecule has 0 spiro atoms. The van der Waals surface area contributed by atoms with Gasteiger partial charge in [-0.15, -0.1) is 0 Å². The van der Waals surface area contributed by atoms with Crippen molar-refractivity contribution in [2.45, 2.75) is 18.4 Å². The van der Waals surface area contributed by atoms with Crippen molar-refractivity contribution in [1.82, 2.24) is 14.1 Å². The Bertz CT molecular complexity index is 670. The van der Waals surface area contributed by atoms with Gasteiger partial charge >= 0.3 is 5.97 Å². The maximum Gasteiger partial charge on any atom is 0.325 e. The smallest absolute Gasteiger partial charge is 0.325 e. The van der Waals surface area contributed by atoms with Crippen molar-refractivity contribution in [2.75, 3.05) is 26.3 Å². The number of sulfonamides is 1. The summed E-state index contributed by atoms with van der Waals surface area (Å²) in [5.74, 6) is -0.858. The zero-order valence-electron chi connectivity index (χ0n) is 11.6. The molecule has 2 fully saturated rings. The number of rotatable bonds is 4. The standard InChI is InChI=1S/C12H17N3O5S/c1-12-7-15(3-9(12)6-20-8-12)21(18,19)10-2-13-14(4-10)5-11(16)17/h2,4,9H,3,5-8H2,1H3,(H,16,17). The van der Waals surface area contributed by atoms with Crippen LogP contribution >= 0.6 is 0 Å². The molecular formula is C12H17N3O5S. The Morgan fingerprint density at radius 1 is 1.62 bits per heavy atom. The Morgan fingerprint density at radius 2 is 2.38 bits per heavy atom. The van der Waals surface area contributed by atoms with Gasteiger partial charge in [-0.2, -0.15) is 9.40 Å². The molecule has 116 valence electrons. The maximum absolute atomic E-state index is 12.6. The minimum absolute atomic E-state index is 0.0354. The van der Waals surface area contributed by atoms with Crippen LogP contribution in [0.3, 0.4) is 0 Å². The molecule has 1 aromatic heterocycles. The largest absolute Gasteiger partial charge is 0.480 e. The van der Waals surface area contributed by atoms with Gasteiger partial charge in [0.05, 0.1) is 19.4 Å². The monoisotopic (exact) mass is 315 g/mol. The summed E-state index contributed by atoms with van der Waals surface area (Å²) in [6, 6.07) is 0. The highest BCUT2D eigenvalue weighted by molar-refractivity contribution is 7.89. The van der Waals surface area contributed by atoms with E-state index in [1.54, 1.807) is 0 Å². The molecule has 0 saturated carbocycles. The van der Waals surface area contributed by atoms with Crippen LogP contribution in [0.25, 0.3) is 0 Å². The summed E-state index contributed by atoms with van der Waals surface area (Å²) in [5.41, 5.74) is -0.135. The average molecular weight is 315 g/mol. The molecule has 2 atom stereocenters. The number of aliphatic carboxylic acids is 1. The quantitative estimate of drug-likeness (QED) is 0.813. The molecule has 0 bridgehead atoms. The zero-order valence-corrected chi connectivity index (χ0v) is 12.4. The first kappa shape index (κ1) is 14.5. The molecule has 8 nitrogen and oxygen atoms in total. The summed E-state index contributed by atoms with van der Waals surface area (Å²) in [4.78, 5) is 10.7. The number of fused-ring (bicyclic) bond motifs is 1. The number of aromatic nitrogens is 2. The van der Waals surface area contributed by atoms with Gasteiger partial charge in [0, 0.05) is 30.6 Å². The van der Waals surface area contributed by atoms with Gasteiger partial charge < -0.3 is 9.84 Å². The lowest BCUT2D eigenvalue weighted by Crippen LogP contribution is -2.32. The van der Waals surface area contributed by atoms with Crippen molar-refractivity contribution in [3.05, 3.63) is 12.4 Å². The highest BCUT2D eigenvalue weighted by atomic mass is 32.2. The van der Waals surface area contributed by atoms with E-state index in [1.165, 1.54) is 16.7 Å². The third-order valence-electron chi connectivity index (χ3n) is 4.24. The molecule has 9 heteroatoms. The minimum atomic E-state index is -3.63. The van der Waals surface area contributed by atoms with Gasteiger partial charge in [0.1, 0.15) is 11.4 Å². The van der Waals surface area contributed by atoms with Crippen LogP contribution in [-0.2, 0) is 26.1 Å². The molecule has 3 rings (SSSR count). The highest BCUT2D eigenvalue weighted by Crippen LogP contribution is 2.42. The number of ether oxygens (including phenoxy) is 1. The van der Waals surface area contributed by atoms with Crippen LogP contribution in [-0.4, -0.2) is 59.9 Å². The van der Waals surface area contributed by atoms with Crippen LogP contribution in [0.1, 0.15) is 6.92 Å². The lowest BCUT2D eigenvalue weighted by atomic mass is 9.83. The van der Waals surface area contributed by atoms with Crippen LogP contribution in [0, 0.1) is 11.3 Å². The molecular weight excluding hydrogens is 298 g/mol. The van der Waals surface area contributed by atoms with Crippen LogP contribution < -0.4 is 0 Å². The Hall–Kier alpha value is -1.45. The number of carboxylic acid groups (broad SMARTS) is 1. The van der Waals surface area contributed by atoms with Crippen molar-refractivity contribution in [2.24, 2.45) is 11.3 Å². The van der Waals surface area contributed by atoms with Crippen LogP contribution in [0.15, 0.2) is 17.3 Å². The second-order valence-corrected chi connectivity index (χ2v) is 7.87. The van der Waals surface area contributed by atoms with Gasteiger partial charge in [-0.25, -0.2) is 8.42 Å². The van der Waals surface area contributed by atoms with Crippen LogP contribution in [0.5, 0.6) is 0 Å². The fourth-order valence-electron chi connectivity index (χ4n) is 2.95. The Balaban J connectivity index is 1.81. The predicted molar refractivity (Wildman–Crippen MR) is 71.0 cm³/mol. The first-order chi connectivity index (χ1) is 9.81. The van der Waals surface area contributed by atoms with Gasteiger partial charge in [-0.05, 0) is 0 Å². The number of hydrogen-bond acceptors (Lipinski definition) is 5. The number of carbonyl (C=O) groups is 1. The molecule has 2 saturated heterocycles. The molecule has 3 heterocycles. The van der Waals surface area contributed by atoms with E-state index in [4.69, 9.17) is 9.84 Å². The van der Waals surface area contributed by atoms with E-state index in [9.17, 15) is 13.2 Å². The molecule has 0 aliphatic carbocycles. The first-order valence-electron chi connectivity index (χ1n) is 6.63. The maximum atomic E-state index is 12.6. The van der Waals surface area contributed by atoms with E-state index < -0.39 is 16.0 Å². The second-order valence-electron chi connectivity index (χ2n) is 5.93. The molecule has 2 aliphatic rings. The SMILES string of the molecule is CC12COCC1CN(S(=O)(=O)c1cnn(CC(=O)O)c1)C2. The molecule has 0 amide bonds. The molecule has 1 N–H and O–H groups in total. The van der Waals surface area contributed by atoms with E-state index in [1.807, 2.05) is 6.92 Å². The third kappa shape index (κ3) is 2.45. The number of hydrogen-bond donors (Lipinski definition) is 1. The van der Waals surface area contributed by atoms with Crippen molar-refractivity contribution >= 4 is 16.0 Å². The van der Waals surface area contributed by atoms with Gasteiger partial charge in [-0.3, -0.25) is 9.48 Å². The topological polar surface area (TPSA) is 102 Å². The lowest BCUT2D eigenvalue weighted by molar-refractivity contribution is -0.137. The van der Waals surface area contributed by atoms with E-state index in [-0.39, 0.29) is 22.8 Å². The number of nitrogens with zero attached hydrogens (tertiary/aromatic N) is 3. The van der Waals surface area contributed by atoms with Crippen molar-refractivity contribution in [3.8, 4) is 0 Å². The summed E-state index contributed by atoms with van der Waals surface area (Å²) < 4.78 is 33.2. The minimum Gasteiger partial charge on any atom is -0.480 e. The molecule has 2 aliphatic heterocycles. The van der Waals surface area contributed by atoms with Gasteiger partial charge in [0.25, 0.3) is 0 Å². The third-order valence-corrected chi connectivity index (χ3v) is 6.01. The van der Waals surface area contributed by atoms with Gasteiger partial charge in [-0.1, -0.05) is 6.92 Å². The Morgan fingerprint density at radius 3 is 3.05 bits per heavy atom. The van der Waals surface area contributed by atoms with E-state index >= 15 is 0 Å². The Labute approximate surface area is 122 Å². The Kier molecular flexibility index (Phi) is 3.30. The summed E-state index contributed by atoms with van der Waals surface area (Å²) >= 11 is 0. The summed E-state index contributed by atoms with van der Waals surface area (Å²) in [6.45, 7) is 3.69. The van der Waals surface area contributed by atoms with E-state index in [0.717, 1.165) is 4.68 Å². The van der Waals surface area contributed by atoms with Gasteiger partial charge in [0.15, 0.2) is 0 Å². The molecule has 0 radical (unpaired) electrons. The fraction of sp³-hybridized carbons (Fsp3) is 0.667. The second kappa shape index (κ2) is 4.79. The van der Waals surface area contributed by atoms with Crippen molar-refractivity contribution in [3.63, 3.8) is 0 Å². The van der Waals surface area contributed by atoms with E-state index in [2.05, 4.69) is 5.10 Å². The molecule has 1 aromatic rings. The molecule has 21 heavy (non-hydrogen) atoms.